The zero-order valence-electron chi connectivity index (χ0n) is 11.5. The summed E-state index contributed by atoms with van der Waals surface area (Å²) in [7, 11) is 0. The van der Waals surface area contributed by atoms with Crippen molar-refractivity contribution in [3.63, 3.8) is 0 Å². The van der Waals surface area contributed by atoms with E-state index < -0.39 is 6.10 Å². The molecule has 0 fully saturated rings. The van der Waals surface area contributed by atoms with Crippen LogP contribution in [0.1, 0.15) is 11.1 Å². The fraction of sp³-hybridized carbons (Fsp3) is 0.167. The molecule has 3 aromatic rings. The smallest absolute Gasteiger partial charge is 0.0704 e. The molecule has 3 rings (SSSR count). The fourth-order valence-corrected chi connectivity index (χ4v) is 2.68. The number of aliphatic hydroxyl groups is 1. The van der Waals surface area contributed by atoms with Gasteiger partial charge in [0.05, 0.1) is 11.6 Å². The highest BCUT2D eigenvalue weighted by Gasteiger charge is 2.09. The second kappa shape index (κ2) is 6.25. The van der Waals surface area contributed by atoms with Gasteiger partial charge in [0, 0.05) is 16.6 Å². The molecule has 1 aromatic heterocycles. The van der Waals surface area contributed by atoms with Crippen molar-refractivity contribution >= 4 is 22.5 Å². The molecule has 3 heteroatoms. The first-order chi connectivity index (χ1) is 10.2. The molecule has 0 aliphatic rings. The van der Waals surface area contributed by atoms with Gasteiger partial charge in [-0.1, -0.05) is 41.9 Å². The molecule has 2 nitrogen and oxygen atoms in total. The lowest BCUT2D eigenvalue weighted by Gasteiger charge is -2.12. The molecule has 0 amide bonds. The highest BCUT2D eigenvalue weighted by molar-refractivity contribution is 6.30. The van der Waals surface area contributed by atoms with Crippen LogP contribution in [0.3, 0.4) is 0 Å². The van der Waals surface area contributed by atoms with Crippen LogP contribution in [-0.4, -0.2) is 16.2 Å². The molecule has 106 valence electrons. The van der Waals surface area contributed by atoms with E-state index in [2.05, 4.69) is 4.98 Å². The predicted molar refractivity (Wildman–Crippen MR) is 86.6 cm³/mol. The lowest BCUT2D eigenvalue weighted by atomic mass is 9.99. The molecule has 1 atom stereocenters. The van der Waals surface area contributed by atoms with Crippen molar-refractivity contribution in [3.05, 3.63) is 76.9 Å². The van der Waals surface area contributed by atoms with Gasteiger partial charge >= 0.3 is 0 Å². The lowest BCUT2D eigenvalue weighted by Crippen LogP contribution is -2.14. The van der Waals surface area contributed by atoms with Gasteiger partial charge in [-0.05, 0) is 48.2 Å². The summed E-state index contributed by atoms with van der Waals surface area (Å²) in [5, 5.41) is 12.2. The highest BCUT2D eigenvalue weighted by Crippen LogP contribution is 2.19. The summed E-state index contributed by atoms with van der Waals surface area (Å²) in [5.41, 5.74) is 3.18. The number of rotatable bonds is 4. The maximum atomic E-state index is 10.3. The Morgan fingerprint density at radius 2 is 1.71 bits per heavy atom. The van der Waals surface area contributed by atoms with Crippen molar-refractivity contribution in [1.82, 2.24) is 4.98 Å². The summed E-state index contributed by atoms with van der Waals surface area (Å²) in [6.45, 7) is 0. The summed E-state index contributed by atoms with van der Waals surface area (Å²) in [5.74, 6) is 0. The van der Waals surface area contributed by atoms with Crippen LogP contribution in [0.4, 0.5) is 0 Å². The standard InChI is InChI=1S/C18H16ClNO/c19-15-7-5-13(6-8-15)11-16(21)12-14-9-10-20-18-4-2-1-3-17(14)18/h1-10,16,21H,11-12H2. The van der Waals surface area contributed by atoms with E-state index in [0.717, 1.165) is 22.0 Å². The van der Waals surface area contributed by atoms with Crippen LogP contribution in [-0.2, 0) is 12.8 Å². The first-order valence-electron chi connectivity index (χ1n) is 6.97. The molecule has 0 saturated carbocycles. The SMILES string of the molecule is OC(Cc1ccc(Cl)cc1)Cc1ccnc2ccccc12. The van der Waals surface area contributed by atoms with E-state index in [1.165, 1.54) is 0 Å². The van der Waals surface area contributed by atoms with Crippen molar-refractivity contribution in [2.75, 3.05) is 0 Å². The first-order valence-corrected chi connectivity index (χ1v) is 7.35. The van der Waals surface area contributed by atoms with E-state index in [4.69, 9.17) is 11.6 Å². The second-order valence-electron chi connectivity index (χ2n) is 5.18. The average molecular weight is 298 g/mol. The van der Waals surface area contributed by atoms with E-state index >= 15 is 0 Å². The molecule has 1 N–H and O–H groups in total. The molecule has 0 spiro atoms. The highest BCUT2D eigenvalue weighted by atomic mass is 35.5. The third-order valence-electron chi connectivity index (χ3n) is 3.58. The van der Waals surface area contributed by atoms with Gasteiger partial charge in [-0.2, -0.15) is 0 Å². The Morgan fingerprint density at radius 3 is 2.52 bits per heavy atom. The Bertz CT molecular complexity index is 734. The first kappa shape index (κ1) is 14.1. The van der Waals surface area contributed by atoms with E-state index in [0.29, 0.717) is 17.9 Å². The third-order valence-corrected chi connectivity index (χ3v) is 3.83. The fourth-order valence-electron chi connectivity index (χ4n) is 2.55. The molecule has 0 aliphatic heterocycles. The van der Waals surface area contributed by atoms with Crippen molar-refractivity contribution in [1.29, 1.82) is 0 Å². The van der Waals surface area contributed by atoms with Crippen LogP contribution < -0.4 is 0 Å². The lowest BCUT2D eigenvalue weighted by molar-refractivity contribution is 0.176. The van der Waals surface area contributed by atoms with Gasteiger partial charge in [0.2, 0.25) is 0 Å². The Labute approximate surface area is 129 Å². The van der Waals surface area contributed by atoms with Gasteiger partial charge in [0.1, 0.15) is 0 Å². The Hall–Kier alpha value is -1.90. The van der Waals surface area contributed by atoms with Crippen LogP contribution in [0, 0.1) is 0 Å². The van der Waals surface area contributed by atoms with Crippen LogP contribution in [0.25, 0.3) is 10.9 Å². The minimum Gasteiger partial charge on any atom is -0.392 e. The molecular formula is C18H16ClNO. The number of aromatic nitrogens is 1. The average Bonchev–Trinajstić information content (AvgIpc) is 2.50. The summed E-state index contributed by atoms with van der Waals surface area (Å²) >= 11 is 5.87. The maximum Gasteiger partial charge on any atom is 0.0704 e. The third kappa shape index (κ3) is 3.41. The molecule has 21 heavy (non-hydrogen) atoms. The van der Waals surface area contributed by atoms with Crippen molar-refractivity contribution in [2.45, 2.75) is 18.9 Å². The van der Waals surface area contributed by atoms with Gasteiger partial charge < -0.3 is 5.11 Å². The van der Waals surface area contributed by atoms with Crippen molar-refractivity contribution in [3.8, 4) is 0 Å². The van der Waals surface area contributed by atoms with Gasteiger partial charge in [-0.15, -0.1) is 0 Å². The summed E-state index contributed by atoms with van der Waals surface area (Å²) < 4.78 is 0. The van der Waals surface area contributed by atoms with Gasteiger partial charge in [-0.25, -0.2) is 0 Å². The molecule has 0 aliphatic carbocycles. The number of hydrogen-bond donors (Lipinski definition) is 1. The van der Waals surface area contributed by atoms with Crippen molar-refractivity contribution in [2.24, 2.45) is 0 Å². The molecule has 0 bridgehead atoms. The molecule has 1 unspecified atom stereocenters. The number of pyridine rings is 1. The summed E-state index contributed by atoms with van der Waals surface area (Å²) in [6, 6.07) is 17.6. The number of para-hydroxylation sites is 1. The van der Waals surface area contributed by atoms with E-state index in [1.54, 1.807) is 6.20 Å². The second-order valence-corrected chi connectivity index (χ2v) is 5.61. The number of benzene rings is 2. The Balaban J connectivity index is 1.77. The minimum absolute atomic E-state index is 0.419. The molecular weight excluding hydrogens is 282 g/mol. The monoisotopic (exact) mass is 297 g/mol. The zero-order chi connectivity index (χ0) is 14.7. The van der Waals surface area contributed by atoms with Gasteiger partial charge in [0.25, 0.3) is 0 Å². The normalized spacial score (nSPS) is 12.5. The Morgan fingerprint density at radius 1 is 0.952 bits per heavy atom. The maximum absolute atomic E-state index is 10.3. The molecule has 2 aromatic carbocycles. The number of nitrogens with zero attached hydrogens (tertiary/aromatic N) is 1. The number of fused-ring (bicyclic) bond motifs is 1. The number of aliphatic hydroxyl groups excluding tert-OH is 1. The van der Waals surface area contributed by atoms with Crippen LogP contribution >= 0.6 is 11.6 Å². The van der Waals surface area contributed by atoms with E-state index in [9.17, 15) is 5.11 Å². The van der Waals surface area contributed by atoms with Crippen molar-refractivity contribution < 1.29 is 5.11 Å². The summed E-state index contributed by atoms with van der Waals surface area (Å²) in [6.07, 6.45) is 2.61. The van der Waals surface area contributed by atoms with Gasteiger partial charge in [-0.3, -0.25) is 4.98 Å². The van der Waals surface area contributed by atoms with Gasteiger partial charge in [0.15, 0.2) is 0 Å². The number of hydrogen-bond acceptors (Lipinski definition) is 2. The number of halogens is 1. The molecule has 0 saturated heterocycles. The topological polar surface area (TPSA) is 33.1 Å². The summed E-state index contributed by atoms with van der Waals surface area (Å²) in [4.78, 5) is 4.35. The van der Waals surface area contributed by atoms with Crippen LogP contribution in [0.2, 0.25) is 5.02 Å². The predicted octanol–water partition coefficient (Wildman–Crippen LogP) is 4.03. The molecule has 0 radical (unpaired) electrons. The minimum atomic E-state index is -0.419. The van der Waals surface area contributed by atoms with E-state index in [-0.39, 0.29) is 0 Å². The van der Waals surface area contributed by atoms with Crippen LogP contribution in [0.15, 0.2) is 60.8 Å². The van der Waals surface area contributed by atoms with E-state index in [1.807, 2.05) is 54.6 Å². The quantitative estimate of drug-likeness (QED) is 0.788. The molecule has 1 heterocycles. The van der Waals surface area contributed by atoms with Crippen LogP contribution in [0.5, 0.6) is 0 Å². The largest absolute Gasteiger partial charge is 0.392 e. The zero-order valence-corrected chi connectivity index (χ0v) is 12.3. The Kier molecular flexibility index (Phi) is 4.18.